The van der Waals surface area contributed by atoms with Crippen LogP contribution in [0.25, 0.3) is 0 Å². The number of carboxylic acid groups (broad SMARTS) is 1. The first-order chi connectivity index (χ1) is 13.6. The van der Waals surface area contributed by atoms with Crippen molar-refractivity contribution in [3.63, 3.8) is 0 Å². The number of amides is 1. The van der Waals surface area contributed by atoms with Crippen molar-refractivity contribution in [2.45, 2.75) is 39.2 Å². The van der Waals surface area contributed by atoms with Gasteiger partial charge in [0.05, 0.1) is 24.5 Å². The Bertz CT molecular complexity index is 865. The second-order valence-corrected chi connectivity index (χ2v) is 6.39. The number of carboxylic acids is 1. The summed E-state index contributed by atoms with van der Waals surface area (Å²) in [6.45, 7) is 5.87. The van der Waals surface area contributed by atoms with Gasteiger partial charge in [-0.2, -0.15) is 13.2 Å². The number of pyridine rings is 1. The average molecular weight is 414 g/mol. The molecular weight excluding hydrogens is 393 g/mol. The first-order valence-electron chi connectivity index (χ1n) is 8.63. The van der Waals surface area contributed by atoms with Crippen LogP contribution in [-0.2, 0) is 22.7 Å². The highest BCUT2D eigenvalue weighted by Gasteiger charge is 2.38. The fourth-order valence-corrected chi connectivity index (χ4v) is 2.84. The van der Waals surface area contributed by atoms with E-state index < -0.39 is 12.1 Å². The zero-order valence-electron chi connectivity index (χ0n) is 16.1. The zero-order chi connectivity index (χ0) is 21.8. The van der Waals surface area contributed by atoms with E-state index in [1.807, 2.05) is 31.0 Å². The van der Waals surface area contributed by atoms with Gasteiger partial charge in [-0.3, -0.25) is 9.78 Å². The van der Waals surface area contributed by atoms with Gasteiger partial charge in [-0.1, -0.05) is 6.07 Å². The van der Waals surface area contributed by atoms with E-state index in [-0.39, 0.29) is 11.9 Å². The minimum absolute atomic E-state index is 0.0463. The topological polar surface area (TPSA) is 97.5 Å². The number of halogens is 3. The largest absolute Gasteiger partial charge is 0.490 e. The molecule has 1 amide bonds. The summed E-state index contributed by atoms with van der Waals surface area (Å²) >= 11 is 0. The summed E-state index contributed by atoms with van der Waals surface area (Å²) in [6, 6.07) is 3.61. The molecule has 1 N–H and O–H groups in total. The van der Waals surface area contributed by atoms with E-state index in [1.165, 1.54) is 0 Å². The van der Waals surface area contributed by atoms with Crippen LogP contribution >= 0.6 is 0 Å². The maximum atomic E-state index is 12.7. The van der Waals surface area contributed by atoms with Gasteiger partial charge in [-0.15, -0.1) is 0 Å². The van der Waals surface area contributed by atoms with Crippen LogP contribution in [0.2, 0.25) is 0 Å². The molecule has 158 valence electrons. The number of aryl methyl sites for hydroxylation is 1. The summed E-state index contributed by atoms with van der Waals surface area (Å²) in [5.74, 6) is -1.90. The van der Waals surface area contributed by atoms with Crippen LogP contribution in [0.5, 0.6) is 0 Å². The molecule has 0 saturated carbocycles. The predicted octanol–water partition coefficient (Wildman–Crippen LogP) is 2.58. The molecule has 1 unspecified atom stereocenters. The number of aliphatic carboxylic acids is 1. The van der Waals surface area contributed by atoms with Crippen molar-refractivity contribution in [1.82, 2.24) is 19.4 Å². The Morgan fingerprint density at radius 2 is 1.90 bits per heavy atom. The molecule has 29 heavy (non-hydrogen) atoms. The minimum atomic E-state index is -5.08. The Balaban J connectivity index is 0.000000370. The lowest BCUT2D eigenvalue weighted by atomic mass is 10.1. The van der Waals surface area contributed by atoms with Gasteiger partial charge in [0.2, 0.25) is 0 Å². The average Bonchev–Trinajstić information content (AvgIpc) is 3.06. The molecule has 0 radical (unpaired) electrons. The smallest absolute Gasteiger partial charge is 0.475 e. The van der Waals surface area contributed by atoms with Gasteiger partial charge in [0.25, 0.3) is 5.91 Å². The van der Waals surface area contributed by atoms with Gasteiger partial charge in [-0.25, -0.2) is 9.78 Å². The SMILES string of the molecule is COCc1cnc2n1CCN(C(=O)c1ccc(C)cn1)C2C.O=C(O)C(F)(F)F. The zero-order valence-corrected chi connectivity index (χ0v) is 16.1. The van der Waals surface area contributed by atoms with Gasteiger partial charge in [0, 0.05) is 26.4 Å². The van der Waals surface area contributed by atoms with Crippen molar-refractivity contribution in [1.29, 1.82) is 0 Å². The maximum absolute atomic E-state index is 12.7. The second-order valence-electron chi connectivity index (χ2n) is 6.39. The molecule has 0 aliphatic carbocycles. The number of aromatic nitrogens is 3. The summed E-state index contributed by atoms with van der Waals surface area (Å²) in [6.07, 6.45) is -1.53. The van der Waals surface area contributed by atoms with E-state index in [0.717, 1.165) is 23.6 Å². The molecule has 11 heteroatoms. The highest BCUT2D eigenvalue weighted by atomic mass is 19.4. The highest BCUT2D eigenvalue weighted by Crippen LogP contribution is 2.26. The standard InChI is InChI=1S/C16H20N4O2.C2HF3O2/c1-11-4-5-14(17-8-11)16(21)19-6-7-20-13(10-22-3)9-18-15(20)12(19)2;3-2(4,5)1(6)7/h4-5,8-9,12H,6-7,10H2,1-3H3;(H,6,7). The third-order valence-corrected chi connectivity index (χ3v) is 4.30. The van der Waals surface area contributed by atoms with Crippen molar-refractivity contribution in [3.05, 3.63) is 47.3 Å². The Morgan fingerprint density at radius 3 is 2.41 bits per heavy atom. The second kappa shape index (κ2) is 9.03. The number of ether oxygens (including phenoxy) is 1. The fourth-order valence-electron chi connectivity index (χ4n) is 2.84. The van der Waals surface area contributed by atoms with Crippen molar-refractivity contribution in [3.8, 4) is 0 Å². The number of imidazole rings is 1. The van der Waals surface area contributed by atoms with Crippen LogP contribution in [0.1, 0.15) is 40.5 Å². The normalized spacial score (nSPS) is 15.9. The van der Waals surface area contributed by atoms with Crippen molar-refractivity contribution < 1.29 is 32.6 Å². The lowest BCUT2D eigenvalue weighted by Crippen LogP contribution is -2.41. The third kappa shape index (κ3) is 5.31. The van der Waals surface area contributed by atoms with E-state index in [0.29, 0.717) is 18.8 Å². The number of carbonyl (C=O) groups excluding carboxylic acids is 1. The number of nitrogens with zero attached hydrogens (tertiary/aromatic N) is 4. The van der Waals surface area contributed by atoms with E-state index in [9.17, 15) is 18.0 Å². The Hall–Kier alpha value is -2.95. The van der Waals surface area contributed by atoms with E-state index >= 15 is 0 Å². The van der Waals surface area contributed by atoms with Gasteiger partial charge >= 0.3 is 12.1 Å². The molecule has 0 saturated heterocycles. The first kappa shape index (κ1) is 22.3. The summed E-state index contributed by atoms with van der Waals surface area (Å²) in [4.78, 5) is 32.1. The number of hydrogen-bond donors (Lipinski definition) is 1. The van der Waals surface area contributed by atoms with Crippen LogP contribution in [0.3, 0.4) is 0 Å². The fraction of sp³-hybridized carbons (Fsp3) is 0.444. The number of rotatable bonds is 3. The van der Waals surface area contributed by atoms with Crippen molar-refractivity contribution >= 4 is 11.9 Å². The number of methoxy groups -OCH3 is 1. The lowest BCUT2D eigenvalue weighted by molar-refractivity contribution is -0.192. The van der Waals surface area contributed by atoms with Crippen molar-refractivity contribution in [2.75, 3.05) is 13.7 Å². The molecule has 0 fully saturated rings. The molecule has 1 aliphatic heterocycles. The van der Waals surface area contributed by atoms with Gasteiger partial charge < -0.3 is 19.3 Å². The summed E-state index contributed by atoms with van der Waals surface area (Å²) in [7, 11) is 1.67. The number of alkyl halides is 3. The maximum Gasteiger partial charge on any atom is 0.490 e. The van der Waals surface area contributed by atoms with Gasteiger partial charge in [0.1, 0.15) is 11.5 Å². The molecule has 1 aliphatic rings. The minimum Gasteiger partial charge on any atom is -0.475 e. The molecule has 8 nitrogen and oxygen atoms in total. The van der Waals surface area contributed by atoms with Gasteiger partial charge in [0.15, 0.2) is 0 Å². The van der Waals surface area contributed by atoms with Crippen LogP contribution < -0.4 is 0 Å². The molecule has 0 bridgehead atoms. The molecule has 3 rings (SSSR count). The lowest BCUT2D eigenvalue weighted by Gasteiger charge is -2.34. The van der Waals surface area contributed by atoms with Crippen molar-refractivity contribution in [2.24, 2.45) is 0 Å². The Morgan fingerprint density at radius 1 is 1.24 bits per heavy atom. The van der Waals surface area contributed by atoms with Crippen LogP contribution in [0, 0.1) is 6.92 Å². The number of fused-ring (bicyclic) bond motifs is 1. The molecule has 2 aromatic heterocycles. The van der Waals surface area contributed by atoms with Crippen LogP contribution in [0.15, 0.2) is 24.5 Å². The summed E-state index contributed by atoms with van der Waals surface area (Å²) in [5, 5.41) is 7.12. The quantitative estimate of drug-likeness (QED) is 0.829. The molecule has 3 heterocycles. The van der Waals surface area contributed by atoms with E-state index in [4.69, 9.17) is 14.6 Å². The van der Waals surface area contributed by atoms with Gasteiger partial charge in [-0.05, 0) is 25.5 Å². The number of hydrogen-bond acceptors (Lipinski definition) is 5. The monoisotopic (exact) mass is 414 g/mol. The van der Waals surface area contributed by atoms with Crippen LogP contribution in [-0.4, -0.2) is 56.2 Å². The predicted molar refractivity (Wildman–Crippen MR) is 95.1 cm³/mol. The molecule has 2 aromatic rings. The Labute approximate surface area is 164 Å². The third-order valence-electron chi connectivity index (χ3n) is 4.30. The molecule has 0 aromatic carbocycles. The molecule has 0 spiro atoms. The summed E-state index contributed by atoms with van der Waals surface area (Å²) < 4.78 is 39.1. The van der Waals surface area contributed by atoms with Crippen LogP contribution in [0.4, 0.5) is 13.2 Å². The summed E-state index contributed by atoms with van der Waals surface area (Å²) in [5.41, 5.74) is 2.57. The molecule has 1 atom stereocenters. The first-order valence-corrected chi connectivity index (χ1v) is 8.63. The van der Waals surface area contributed by atoms with E-state index in [2.05, 4.69) is 14.5 Å². The van der Waals surface area contributed by atoms with E-state index in [1.54, 1.807) is 19.4 Å². The highest BCUT2D eigenvalue weighted by molar-refractivity contribution is 5.92. The molecular formula is C18H21F3N4O4. The number of carbonyl (C=O) groups is 2. The Kier molecular flexibility index (Phi) is 6.96.